The van der Waals surface area contributed by atoms with E-state index in [2.05, 4.69) is 31.2 Å². The van der Waals surface area contributed by atoms with Crippen molar-refractivity contribution in [1.82, 2.24) is 5.34 Å². The molecule has 1 radical (unpaired) electrons. The summed E-state index contributed by atoms with van der Waals surface area (Å²) in [7, 11) is 1.94. The maximum atomic E-state index is 4.12. The first-order valence-corrected chi connectivity index (χ1v) is 3.79. The Bertz CT molecular complexity index is 110. The first-order chi connectivity index (χ1) is 4.68. The lowest BCUT2D eigenvalue weighted by Crippen LogP contribution is -2.15. The van der Waals surface area contributed by atoms with Gasteiger partial charge in [0.25, 0.3) is 7.41 Å². The van der Waals surface area contributed by atoms with Crippen LogP contribution in [0.5, 0.6) is 0 Å². The number of hydrazone groups is 1. The summed E-state index contributed by atoms with van der Waals surface area (Å²) in [6, 6.07) is 0. The molecular formula is C7H16BN2. The molecule has 0 atom stereocenters. The molecule has 2 nitrogen and oxygen atoms in total. The van der Waals surface area contributed by atoms with E-state index in [-0.39, 0.29) is 0 Å². The number of hydrogen-bond acceptors (Lipinski definition) is 2. The molecular weight excluding hydrogens is 123 g/mol. The Morgan fingerprint density at radius 2 is 2.20 bits per heavy atom. The molecule has 0 aromatic heterocycles. The van der Waals surface area contributed by atoms with Crippen molar-refractivity contribution in [2.75, 3.05) is 0 Å². The van der Waals surface area contributed by atoms with Gasteiger partial charge in [-0.15, -0.1) is 0 Å². The maximum Gasteiger partial charge on any atom is 0.267 e. The third-order valence-corrected chi connectivity index (χ3v) is 1.37. The third-order valence-electron chi connectivity index (χ3n) is 1.37. The predicted molar refractivity (Wildman–Crippen MR) is 47.3 cm³/mol. The Kier molecular flexibility index (Phi) is 5.08. The van der Waals surface area contributed by atoms with Crippen molar-refractivity contribution in [3.63, 3.8) is 0 Å². The number of nitrogens with one attached hydrogen (secondary N) is 1. The fourth-order valence-electron chi connectivity index (χ4n) is 0.368. The minimum Gasteiger partial charge on any atom is -0.359 e. The quantitative estimate of drug-likeness (QED) is 0.272. The van der Waals surface area contributed by atoms with Gasteiger partial charge >= 0.3 is 0 Å². The van der Waals surface area contributed by atoms with Gasteiger partial charge in [-0.3, -0.25) is 0 Å². The molecule has 0 rings (SSSR count). The topological polar surface area (TPSA) is 24.4 Å². The molecule has 0 aliphatic carbocycles. The molecule has 0 unspecified atom stereocenters. The minimum atomic E-state index is 0.540. The highest BCUT2D eigenvalue weighted by Gasteiger charge is 1.95. The number of hydrogen-bond donors (Lipinski definition) is 1. The lowest BCUT2D eigenvalue weighted by atomic mass is 9.93. The van der Waals surface area contributed by atoms with Gasteiger partial charge in [-0.2, -0.15) is 0 Å². The zero-order valence-electron chi connectivity index (χ0n) is 7.31. The Morgan fingerprint density at radius 3 is 2.60 bits per heavy atom. The van der Waals surface area contributed by atoms with E-state index in [1.54, 1.807) is 0 Å². The van der Waals surface area contributed by atoms with E-state index < -0.39 is 0 Å². The van der Waals surface area contributed by atoms with Crippen LogP contribution in [0.3, 0.4) is 0 Å². The van der Waals surface area contributed by atoms with Crippen molar-refractivity contribution in [3.8, 4) is 0 Å². The summed E-state index contributed by atoms with van der Waals surface area (Å²) in [6.07, 6.45) is 1.01. The predicted octanol–water partition coefficient (Wildman–Crippen LogP) is 1.67. The molecule has 0 aliphatic heterocycles. The van der Waals surface area contributed by atoms with Gasteiger partial charge in [0, 0.05) is 5.71 Å². The van der Waals surface area contributed by atoms with Crippen LogP contribution in [0.25, 0.3) is 0 Å². The monoisotopic (exact) mass is 139 g/mol. The Labute approximate surface area is 64.4 Å². The molecule has 0 bridgehead atoms. The largest absolute Gasteiger partial charge is 0.359 e. The molecule has 57 valence electrons. The fraction of sp³-hybridized carbons (Fsp3) is 0.857. The SMILES string of the molecule is CC[B]N/N=C(\C)C(C)C. The zero-order valence-corrected chi connectivity index (χ0v) is 7.31. The summed E-state index contributed by atoms with van der Waals surface area (Å²) < 4.78 is 0. The van der Waals surface area contributed by atoms with E-state index in [4.69, 9.17) is 0 Å². The van der Waals surface area contributed by atoms with Crippen molar-refractivity contribution >= 4 is 13.1 Å². The maximum absolute atomic E-state index is 4.12. The van der Waals surface area contributed by atoms with Crippen molar-refractivity contribution in [2.45, 2.75) is 34.0 Å². The van der Waals surface area contributed by atoms with Crippen LogP contribution in [0.1, 0.15) is 27.7 Å². The molecule has 0 heterocycles. The highest BCUT2D eigenvalue weighted by atomic mass is 15.2. The molecule has 0 fully saturated rings. The molecule has 0 aromatic rings. The van der Waals surface area contributed by atoms with E-state index in [0.717, 1.165) is 12.0 Å². The smallest absolute Gasteiger partial charge is 0.267 e. The van der Waals surface area contributed by atoms with Gasteiger partial charge in [-0.25, -0.2) is 5.10 Å². The zero-order chi connectivity index (χ0) is 7.98. The van der Waals surface area contributed by atoms with E-state index in [1.165, 1.54) is 0 Å². The second-order valence-electron chi connectivity index (χ2n) is 2.65. The van der Waals surface area contributed by atoms with Gasteiger partial charge in [0.05, 0.1) is 0 Å². The highest BCUT2D eigenvalue weighted by molar-refractivity contribution is 6.31. The number of nitrogens with zero attached hydrogens (tertiary/aromatic N) is 1. The van der Waals surface area contributed by atoms with Crippen LogP contribution in [0.2, 0.25) is 6.32 Å². The van der Waals surface area contributed by atoms with Gasteiger partial charge < -0.3 is 5.34 Å². The minimum absolute atomic E-state index is 0.540. The Balaban J connectivity index is 3.48. The lowest BCUT2D eigenvalue weighted by molar-refractivity contribution is 0.857. The van der Waals surface area contributed by atoms with Crippen LogP contribution in [0.4, 0.5) is 0 Å². The standard InChI is InChI=1S/C7H16BN2/c1-5-8-10-9-7(4)6(2)3/h6,10H,5H2,1-4H3/b9-7+. The van der Waals surface area contributed by atoms with E-state index >= 15 is 0 Å². The fourth-order valence-corrected chi connectivity index (χ4v) is 0.368. The van der Waals surface area contributed by atoms with Crippen LogP contribution in [0.15, 0.2) is 5.10 Å². The van der Waals surface area contributed by atoms with Gasteiger partial charge in [0.1, 0.15) is 0 Å². The van der Waals surface area contributed by atoms with Crippen LogP contribution >= 0.6 is 0 Å². The average Bonchev–Trinajstić information content (AvgIpc) is 1.88. The third kappa shape index (κ3) is 4.42. The van der Waals surface area contributed by atoms with Crippen LogP contribution in [-0.4, -0.2) is 13.1 Å². The summed E-state index contributed by atoms with van der Waals surface area (Å²) in [4.78, 5) is 0. The van der Waals surface area contributed by atoms with Gasteiger partial charge in [0.2, 0.25) is 0 Å². The van der Waals surface area contributed by atoms with Gasteiger partial charge in [-0.05, 0) is 12.8 Å². The van der Waals surface area contributed by atoms with Crippen molar-refractivity contribution in [2.24, 2.45) is 11.0 Å². The average molecular weight is 139 g/mol. The molecule has 0 saturated heterocycles. The first-order valence-electron chi connectivity index (χ1n) is 3.79. The molecule has 3 heteroatoms. The summed E-state index contributed by atoms with van der Waals surface area (Å²) in [5.74, 6) is 0.540. The van der Waals surface area contributed by atoms with Gasteiger partial charge in [-0.1, -0.05) is 27.1 Å². The van der Waals surface area contributed by atoms with E-state index in [0.29, 0.717) is 5.92 Å². The molecule has 0 amide bonds. The molecule has 0 spiro atoms. The molecule has 10 heavy (non-hydrogen) atoms. The first kappa shape index (κ1) is 9.53. The van der Waals surface area contributed by atoms with E-state index in [1.807, 2.05) is 14.3 Å². The summed E-state index contributed by atoms with van der Waals surface area (Å²) >= 11 is 0. The lowest BCUT2D eigenvalue weighted by Gasteiger charge is -2.03. The summed E-state index contributed by atoms with van der Waals surface area (Å²) in [5.41, 5.74) is 1.14. The number of rotatable bonds is 4. The van der Waals surface area contributed by atoms with Crippen LogP contribution in [-0.2, 0) is 0 Å². The summed E-state index contributed by atoms with van der Waals surface area (Å²) in [5, 5.41) is 7.00. The normalized spacial score (nSPS) is 11.9. The molecule has 0 aromatic carbocycles. The van der Waals surface area contributed by atoms with E-state index in [9.17, 15) is 0 Å². The van der Waals surface area contributed by atoms with Gasteiger partial charge in [0.15, 0.2) is 0 Å². The van der Waals surface area contributed by atoms with Crippen molar-refractivity contribution in [1.29, 1.82) is 0 Å². The second-order valence-corrected chi connectivity index (χ2v) is 2.65. The molecule has 1 N–H and O–H groups in total. The molecule has 0 saturated carbocycles. The van der Waals surface area contributed by atoms with Crippen LogP contribution in [0, 0.1) is 5.92 Å². The highest BCUT2D eigenvalue weighted by Crippen LogP contribution is 1.93. The second kappa shape index (κ2) is 5.33. The Hall–Kier alpha value is -0.465. The van der Waals surface area contributed by atoms with Crippen molar-refractivity contribution in [3.05, 3.63) is 0 Å². The summed E-state index contributed by atoms with van der Waals surface area (Å²) in [6.45, 7) is 8.37. The molecule has 0 aliphatic rings. The van der Waals surface area contributed by atoms with Crippen LogP contribution < -0.4 is 5.34 Å². The Morgan fingerprint density at radius 1 is 1.60 bits per heavy atom. The van der Waals surface area contributed by atoms with Crippen molar-refractivity contribution < 1.29 is 0 Å².